The number of H-pyrrole nitrogens is 1. The molecular formula is C15H17N3O. The van der Waals surface area contributed by atoms with Gasteiger partial charge in [0.1, 0.15) is 5.82 Å². The zero-order valence-corrected chi connectivity index (χ0v) is 10.7. The highest BCUT2D eigenvalue weighted by Gasteiger charge is 2.48. The van der Waals surface area contributed by atoms with E-state index in [0.29, 0.717) is 13.0 Å². The molecule has 1 aromatic heterocycles. The number of hydrogen-bond acceptors (Lipinski definition) is 3. The van der Waals surface area contributed by atoms with Crippen LogP contribution in [0, 0.1) is 0 Å². The van der Waals surface area contributed by atoms with Crippen LogP contribution in [0.4, 0.5) is 0 Å². The lowest BCUT2D eigenvalue weighted by Crippen LogP contribution is -2.21. The van der Waals surface area contributed by atoms with E-state index in [0.717, 1.165) is 24.4 Å². The lowest BCUT2D eigenvalue weighted by Gasteiger charge is -2.15. The summed E-state index contributed by atoms with van der Waals surface area (Å²) in [6, 6.07) is 11.8. The summed E-state index contributed by atoms with van der Waals surface area (Å²) >= 11 is 0. The molecule has 0 atom stereocenters. The minimum absolute atomic E-state index is 0.0874. The predicted octanol–water partition coefficient (Wildman–Crippen LogP) is 1.35. The van der Waals surface area contributed by atoms with Crippen molar-refractivity contribution in [2.75, 3.05) is 6.54 Å². The molecule has 0 amide bonds. The van der Waals surface area contributed by atoms with Gasteiger partial charge < -0.3 is 10.7 Å². The normalized spacial score (nSPS) is 16.3. The molecule has 0 unspecified atom stereocenters. The minimum atomic E-state index is -0.0922. The summed E-state index contributed by atoms with van der Waals surface area (Å²) in [5, 5.41) is 0. The SMILES string of the molecule is NCCc1cc(=O)[nH]c(C2(c3ccccc3)CC2)n1. The first-order valence-electron chi connectivity index (χ1n) is 6.61. The highest BCUT2D eigenvalue weighted by atomic mass is 16.1. The van der Waals surface area contributed by atoms with Crippen LogP contribution < -0.4 is 11.3 Å². The van der Waals surface area contributed by atoms with Crippen molar-refractivity contribution < 1.29 is 0 Å². The molecule has 1 saturated carbocycles. The van der Waals surface area contributed by atoms with Crippen molar-refractivity contribution >= 4 is 0 Å². The van der Waals surface area contributed by atoms with Gasteiger partial charge >= 0.3 is 0 Å². The van der Waals surface area contributed by atoms with Gasteiger partial charge in [0.05, 0.1) is 5.41 Å². The molecule has 1 aromatic carbocycles. The van der Waals surface area contributed by atoms with Crippen LogP contribution in [0.25, 0.3) is 0 Å². The van der Waals surface area contributed by atoms with E-state index in [1.54, 1.807) is 0 Å². The minimum Gasteiger partial charge on any atom is -0.330 e. The zero-order chi connectivity index (χ0) is 13.3. The maximum Gasteiger partial charge on any atom is 0.251 e. The van der Waals surface area contributed by atoms with Gasteiger partial charge in [0.15, 0.2) is 0 Å². The smallest absolute Gasteiger partial charge is 0.251 e. The van der Waals surface area contributed by atoms with E-state index in [9.17, 15) is 4.79 Å². The first kappa shape index (κ1) is 12.1. The van der Waals surface area contributed by atoms with E-state index in [4.69, 9.17) is 5.73 Å². The maximum absolute atomic E-state index is 11.8. The standard InChI is InChI=1S/C15H17N3O/c16-9-6-12-10-13(19)18-14(17-12)15(7-8-15)11-4-2-1-3-5-11/h1-5,10H,6-9,16H2,(H,17,18,19). The molecule has 3 N–H and O–H groups in total. The molecule has 1 fully saturated rings. The van der Waals surface area contributed by atoms with Crippen LogP contribution in [0.1, 0.15) is 29.9 Å². The summed E-state index contributed by atoms with van der Waals surface area (Å²) in [5.41, 5.74) is 7.37. The number of aromatic nitrogens is 2. The zero-order valence-electron chi connectivity index (χ0n) is 10.7. The van der Waals surface area contributed by atoms with Crippen molar-refractivity contribution in [1.82, 2.24) is 9.97 Å². The van der Waals surface area contributed by atoms with Crippen LogP contribution >= 0.6 is 0 Å². The summed E-state index contributed by atoms with van der Waals surface area (Å²) in [7, 11) is 0. The average Bonchev–Trinajstić information content (AvgIpc) is 3.21. The van der Waals surface area contributed by atoms with Gasteiger partial charge in [0.25, 0.3) is 5.56 Å². The van der Waals surface area contributed by atoms with Gasteiger partial charge in [-0.25, -0.2) is 4.98 Å². The Kier molecular flexibility index (Phi) is 2.95. The Bertz CT molecular complexity index is 629. The quantitative estimate of drug-likeness (QED) is 0.866. The lowest BCUT2D eigenvalue weighted by atomic mass is 9.95. The number of aromatic amines is 1. The van der Waals surface area contributed by atoms with Gasteiger partial charge in [-0.15, -0.1) is 0 Å². The molecule has 1 aliphatic carbocycles. The lowest BCUT2D eigenvalue weighted by molar-refractivity contribution is 0.728. The van der Waals surface area contributed by atoms with Gasteiger partial charge in [-0.3, -0.25) is 4.79 Å². The summed E-state index contributed by atoms with van der Waals surface area (Å²) < 4.78 is 0. The topological polar surface area (TPSA) is 71.8 Å². The predicted molar refractivity (Wildman–Crippen MR) is 74.1 cm³/mol. The molecule has 19 heavy (non-hydrogen) atoms. The Morgan fingerprint density at radius 3 is 2.63 bits per heavy atom. The monoisotopic (exact) mass is 255 g/mol. The number of rotatable bonds is 4. The number of hydrogen-bond donors (Lipinski definition) is 2. The third-order valence-electron chi connectivity index (χ3n) is 3.72. The van der Waals surface area contributed by atoms with E-state index in [-0.39, 0.29) is 11.0 Å². The Morgan fingerprint density at radius 2 is 2.00 bits per heavy atom. The highest BCUT2D eigenvalue weighted by molar-refractivity contribution is 5.39. The Balaban J connectivity index is 2.05. The summed E-state index contributed by atoms with van der Waals surface area (Å²) in [5.74, 6) is 0.787. The summed E-state index contributed by atoms with van der Waals surface area (Å²) in [6.07, 6.45) is 2.71. The van der Waals surface area contributed by atoms with Crippen molar-refractivity contribution in [1.29, 1.82) is 0 Å². The molecule has 2 aromatic rings. The number of nitrogens with two attached hydrogens (primary N) is 1. The van der Waals surface area contributed by atoms with Gasteiger partial charge in [-0.1, -0.05) is 30.3 Å². The number of nitrogens with one attached hydrogen (secondary N) is 1. The third kappa shape index (κ3) is 2.19. The van der Waals surface area contributed by atoms with Crippen LogP contribution in [-0.2, 0) is 11.8 Å². The van der Waals surface area contributed by atoms with Crippen molar-refractivity contribution in [2.24, 2.45) is 5.73 Å². The molecule has 0 bridgehead atoms. The first-order chi connectivity index (χ1) is 9.24. The second-order valence-electron chi connectivity index (χ2n) is 5.07. The molecule has 4 heteroatoms. The molecule has 3 rings (SSSR count). The Morgan fingerprint density at radius 1 is 1.26 bits per heavy atom. The largest absolute Gasteiger partial charge is 0.330 e. The average molecular weight is 255 g/mol. The van der Waals surface area contributed by atoms with Gasteiger partial charge in [-0.2, -0.15) is 0 Å². The van der Waals surface area contributed by atoms with E-state index in [2.05, 4.69) is 22.1 Å². The molecule has 0 saturated heterocycles. The van der Waals surface area contributed by atoms with Crippen molar-refractivity contribution in [3.63, 3.8) is 0 Å². The van der Waals surface area contributed by atoms with E-state index in [1.807, 2.05) is 18.2 Å². The maximum atomic E-state index is 11.8. The van der Waals surface area contributed by atoms with Crippen LogP contribution in [0.3, 0.4) is 0 Å². The molecular weight excluding hydrogens is 238 g/mol. The molecule has 1 heterocycles. The Labute approximate surface area is 111 Å². The van der Waals surface area contributed by atoms with E-state index < -0.39 is 0 Å². The van der Waals surface area contributed by atoms with Gasteiger partial charge in [0, 0.05) is 18.2 Å². The fourth-order valence-corrected chi connectivity index (χ4v) is 2.55. The van der Waals surface area contributed by atoms with Gasteiger partial charge in [-0.05, 0) is 24.9 Å². The first-order valence-corrected chi connectivity index (χ1v) is 6.61. The molecule has 0 aliphatic heterocycles. The van der Waals surface area contributed by atoms with Crippen LogP contribution in [0.2, 0.25) is 0 Å². The third-order valence-corrected chi connectivity index (χ3v) is 3.72. The molecule has 4 nitrogen and oxygen atoms in total. The Hall–Kier alpha value is -1.94. The van der Waals surface area contributed by atoms with Crippen LogP contribution in [0.15, 0.2) is 41.2 Å². The van der Waals surface area contributed by atoms with Crippen LogP contribution in [-0.4, -0.2) is 16.5 Å². The van der Waals surface area contributed by atoms with Gasteiger partial charge in [0.2, 0.25) is 0 Å². The van der Waals surface area contributed by atoms with Crippen molar-refractivity contribution in [3.05, 3.63) is 63.8 Å². The van der Waals surface area contributed by atoms with E-state index in [1.165, 1.54) is 11.6 Å². The fourth-order valence-electron chi connectivity index (χ4n) is 2.55. The van der Waals surface area contributed by atoms with Crippen molar-refractivity contribution in [3.8, 4) is 0 Å². The highest BCUT2D eigenvalue weighted by Crippen LogP contribution is 2.51. The number of nitrogens with zero attached hydrogens (tertiary/aromatic N) is 1. The molecule has 0 radical (unpaired) electrons. The van der Waals surface area contributed by atoms with Crippen LogP contribution in [0.5, 0.6) is 0 Å². The second kappa shape index (κ2) is 4.63. The summed E-state index contributed by atoms with van der Waals surface area (Å²) in [6.45, 7) is 0.508. The molecule has 1 aliphatic rings. The second-order valence-corrected chi connectivity index (χ2v) is 5.07. The van der Waals surface area contributed by atoms with Crippen molar-refractivity contribution in [2.45, 2.75) is 24.7 Å². The number of benzene rings is 1. The molecule has 98 valence electrons. The van der Waals surface area contributed by atoms with E-state index >= 15 is 0 Å². The fraction of sp³-hybridized carbons (Fsp3) is 0.333. The molecule has 0 spiro atoms. The summed E-state index contributed by atoms with van der Waals surface area (Å²) in [4.78, 5) is 19.3.